The number of carbonyl (C=O) groups is 1. The van der Waals surface area contributed by atoms with Gasteiger partial charge in [-0.15, -0.1) is 0 Å². The maximum absolute atomic E-state index is 13.1. The quantitative estimate of drug-likeness (QED) is 0.601. The van der Waals surface area contributed by atoms with Gasteiger partial charge in [0.25, 0.3) is 0 Å². The number of piperidine rings is 1. The summed E-state index contributed by atoms with van der Waals surface area (Å²) in [7, 11) is -1.12. The van der Waals surface area contributed by atoms with Gasteiger partial charge in [-0.25, -0.2) is 4.39 Å². The van der Waals surface area contributed by atoms with Crippen molar-refractivity contribution in [1.29, 1.82) is 0 Å². The molecule has 9 heteroatoms. The second kappa shape index (κ2) is 7.77. The van der Waals surface area contributed by atoms with Crippen molar-refractivity contribution in [2.45, 2.75) is 37.3 Å². The van der Waals surface area contributed by atoms with Crippen molar-refractivity contribution in [2.75, 3.05) is 14.2 Å². The second-order valence-electron chi connectivity index (χ2n) is 6.35. The summed E-state index contributed by atoms with van der Waals surface area (Å²) in [5.41, 5.74) is 1.05. The van der Waals surface area contributed by atoms with Crippen molar-refractivity contribution in [3.8, 4) is 0 Å². The van der Waals surface area contributed by atoms with Gasteiger partial charge in [-0.2, -0.15) is 8.42 Å². The standard InChI is InChI=1S/C16H20FNO2.H2O4S/c1-18-12-7-8-14(18)15(16(19)20-2)13(9-12)10-3-5-11(17)6-4-10;1-5(2,3)4/h3-6,12-15H,7-9H2,1-2H3;(H2,1,2,3,4). The maximum atomic E-state index is 13.1. The van der Waals surface area contributed by atoms with Crippen LogP contribution in [0.1, 0.15) is 30.7 Å². The van der Waals surface area contributed by atoms with E-state index in [4.69, 9.17) is 22.3 Å². The molecule has 0 spiro atoms. The van der Waals surface area contributed by atoms with E-state index in [1.54, 1.807) is 12.1 Å². The number of methoxy groups -OCH3 is 1. The van der Waals surface area contributed by atoms with Gasteiger partial charge in [-0.1, -0.05) is 12.1 Å². The Hall–Kier alpha value is -1.55. The molecule has 4 atom stereocenters. The van der Waals surface area contributed by atoms with Gasteiger partial charge in [-0.05, 0) is 44.0 Å². The zero-order chi connectivity index (χ0) is 18.8. The Labute approximate surface area is 146 Å². The third kappa shape index (κ3) is 4.97. The number of nitrogens with zero attached hydrogens (tertiary/aromatic N) is 1. The van der Waals surface area contributed by atoms with Gasteiger partial charge in [0.1, 0.15) is 5.82 Å². The van der Waals surface area contributed by atoms with E-state index in [1.165, 1.54) is 19.2 Å². The van der Waals surface area contributed by atoms with E-state index >= 15 is 0 Å². The fraction of sp³-hybridized carbons (Fsp3) is 0.562. The average Bonchev–Trinajstić information content (AvgIpc) is 2.76. The molecule has 2 saturated heterocycles. The van der Waals surface area contributed by atoms with E-state index in [1.807, 2.05) is 0 Å². The zero-order valence-electron chi connectivity index (χ0n) is 14.0. The Morgan fingerprint density at radius 1 is 1.24 bits per heavy atom. The third-order valence-corrected chi connectivity index (χ3v) is 5.04. The average molecular weight is 375 g/mol. The molecule has 0 aliphatic carbocycles. The van der Waals surface area contributed by atoms with Crippen molar-refractivity contribution in [2.24, 2.45) is 5.92 Å². The molecule has 2 fully saturated rings. The number of fused-ring (bicyclic) bond motifs is 2. The van der Waals surface area contributed by atoms with Crippen LogP contribution in [0.3, 0.4) is 0 Å². The highest BCUT2D eigenvalue weighted by Crippen LogP contribution is 2.46. The Morgan fingerprint density at radius 3 is 2.32 bits per heavy atom. The minimum Gasteiger partial charge on any atom is -0.469 e. The second-order valence-corrected chi connectivity index (χ2v) is 7.25. The molecule has 25 heavy (non-hydrogen) atoms. The molecular weight excluding hydrogens is 353 g/mol. The van der Waals surface area contributed by atoms with Crippen LogP contribution in [0.2, 0.25) is 0 Å². The zero-order valence-corrected chi connectivity index (χ0v) is 14.8. The molecule has 0 saturated carbocycles. The summed E-state index contributed by atoms with van der Waals surface area (Å²) in [6, 6.07) is 7.34. The van der Waals surface area contributed by atoms with Gasteiger partial charge in [0.05, 0.1) is 13.0 Å². The summed E-state index contributed by atoms with van der Waals surface area (Å²) >= 11 is 0. The lowest BCUT2D eigenvalue weighted by Gasteiger charge is -2.41. The maximum Gasteiger partial charge on any atom is 0.394 e. The fourth-order valence-corrected chi connectivity index (χ4v) is 3.98. The van der Waals surface area contributed by atoms with Crippen LogP contribution in [0.25, 0.3) is 0 Å². The molecule has 0 radical (unpaired) electrons. The molecule has 140 valence electrons. The Balaban J connectivity index is 0.000000399. The monoisotopic (exact) mass is 375 g/mol. The molecule has 4 unspecified atom stereocenters. The lowest BCUT2D eigenvalue weighted by atomic mass is 9.76. The van der Waals surface area contributed by atoms with Crippen molar-refractivity contribution in [3.05, 3.63) is 35.6 Å². The lowest BCUT2D eigenvalue weighted by Crippen LogP contribution is -2.49. The van der Waals surface area contributed by atoms with Crippen LogP contribution in [0.4, 0.5) is 4.39 Å². The molecule has 1 aromatic carbocycles. The smallest absolute Gasteiger partial charge is 0.394 e. The summed E-state index contributed by atoms with van der Waals surface area (Å²) < 4.78 is 49.7. The molecule has 7 nitrogen and oxygen atoms in total. The molecule has 2 heterocycles. The number of ether oxygens (including phenoxy) is 1. The molecule has 3 rings (SSSR count). The molecular formula is C16H22FNO6S. The van der Waals surface area contributed by atoms with Crippen LogP contribution in [-0.2, 0) is 19.9 Å². The molecule has 0 aromatic heterocycles. The predicted octanol–water partition coefficient (Wildman–Crippen LogP) is 1.91. The molecule has 1 aromatic rings. The number of carbonyl (C=O) groups excluding carboxylic acids is 1. The van der Waals surface area contributed by atoms with E-state index in [-0.39, 0.29) is 29.7 Å². The molecule has 2 aliphatic heterocycles. The van der Waals surface area contributed by atoms with E-state index in [0.717, 1.165) is 24.8 Å². The van der Waals surface area contributed by atoms with Crippen molar-refractivity contribution < 1.29 is 31.4 Å². The first-order valence-corrected chi connectivity index (χ1v) is 9.26. The van der Waals surface area contributed by atoms with Crippen LogP contribution in [0.5, 0.6) is 0 Å². The summed E-state index contributed by atoms with van der Waals surface area (Å²) in [5.74, 6) is -0.387. The van der Waals surface area contributed by atoms with Gasteiger partial charge >= 0.3 is 16.4 Å². The summed E-state index contributed by atoms with van der Waals surface area (Å²) in [5, 5.41) is 0. The number of hydrogen-bond donors (Lipinski definition) is 2. The molecule has 2 N–H and O–H groups in total. The van der Waals surface area contributed by atoms with Crippen molar-refractivity contribution in [3.63, 3.8) is 0 Å². The van der Waals surface area contributed by atoms with Crippen LogP contribution >= 0.6 is 0 Å². The SMILES string of the molecule is COC(=O)C1C(c2ccc(F)cc2)CC2CCC1N2C.O=S(=O)(O)O. The van der Waals surface area contributed by atoms with Gasteiger partial charge in [0, 0.05) is 18.0 Å². The van der Waals surface area contributed by atoms with Crippen LogP contribution in [-0.4, -0.2) is 54.6 Å². The van der Waals surface area contributed by atoms with Gasteiger partial charge in [0.15, 0.2) is 0 Å². The summed E-state index contributed by atoms with van der Waals surface area (Å²) in [4.78, 5) is 14.5. The first-order valence-electron chi connectivity index (χ1n) is 7.87. The Kier molecular flexibility index (Phi) is 6.15. The van der Waals surface area contributed by atoms with Gasteiger partial charge in [-0.3, -0.25) is 18.8 Å². The predicted molar refractivity (Wildman–Crippen MR) is 88.0 cm³/mol. The number of hydrogen-bond acceptors (Lipinski definition) is 5. The minimum atomic E-state index is -4.67. The molecule has 2 aliphatic rings. The highest BCUT2D eigenvalue weighted by atomic mass is 32.3. The van der Waals surface area contributed by atoms with Crippen molar-refractivity contribution >= 4 is 16.4 Å². The van der Waals surface area contributed by atoms with Gasteiger partial charge < -0.3 is 4.74 Å². The summed E-state index contributed by atoms with van der Waals surface area (Å²) in [6.07, 6.45) is 3.11. The summed E-state index contributed by atoms with van der Waals surface area (Å²) in [6.45, 7) is 0. The number of halogens is 1. The van der Waals surface area contributed by atoms with Crippen LogP contribution in [0.15, 0.2) is 24.3 Å². The van der Waals surface area contributed by atoms with Crippen LogP contribution < -0.4 is 0 Å². The topological polar surface area (TPSA) is 104 Å². The largest absolute Gasteiger partial charge is 0.469 e. The highest BCUT2D eigenvalue weighted by molar-refractivity contribution is 7.79. The number of benzene rings is 1. The highest BCUT2D eigenvalue weighted by Gasteiger charge is 2.49. The normalized spacial score (nSPS) is 28.8. The number of rotatable bonds is 2. The van der Waals surface area contributed by atoms with E-state index < -0.39 is 10.4 Å². The van der Waals surface area contributed by atoms with E-state index in [2.05, 4.69) is 11.9 Å². The van der Waals surface area contributed by atoms with E-state index in [9.17, 15) is 9.18 Å². The molecule has 0 amide bonds. The van der Waals surface area contributed by atoms with E-state index in [0.29, 0.717) is 6.04 Å². The van der Waals surface area contributed by atoms with Gasteiger partial charge in [0.2, 0.25) is 0 Å². The Morgan fingerprint density at radius 2 is 1.80 bits per heavy atom. The van der Waals surface area contributed by atoms with Crippen molar-refractivity contribution in [1.82, 2.24) is 4.90 Å². The lowest BCUT2D eigenvalue weighted by molar-refractivity contribution is -0.150. The number of esters is 1. The third-order valence-electron chi connectivity index (χ3n) is 5.04. The molecule has 2 bridgehead atoms. The first kappa shape index (κ1) is 19.8. The minimum absolute atomic E-state index is 0.136. The van der Waals surface area contributed by atoms with Crippen LogP contribution in [0, 0.1) is 11.7 Å². The first-order chi connectivity index (χ1) is 11.6. The Bertz CT molecular complexity index is 700. The fourth-order valence-electron chi connectivity index (χ4n) is 3.98.